The molecule has 2 N–H and O–H groups in total. The Bertz CT molecular complexity index is 763. The minimum absolute atomic E-state index is 0.596. The third-order valence-electron chi connectivity index (χ3n) is 3.40. The molecule has 21 heavy (non-hydrogen) atoms. The number of hydrogen-bond donors (Lipinski definition) is 1. The van der Waals surface area contributed by atoms with Crippen molar-refractivity contribution < 1.29 is 9.47 Å². The third-order valence-corrected chi connectivity index (χ3v) is 4.24. The maximum atomic E-state index is 5.69. The van der Waals surface area contributed by atoms with E-state index >= 15 is 0 Å². The van der Waals surface area contributed by atoms with Gasteiger partial charge in [0.05, 0.1) is 26.1 Å². The van der Waals surface area contributed by atoms with Gasteiger partial charge in [0.15, 0.2) is 4.96 Å². The first-order valence-electron chi connectivity index (χ1n) is 6.64. The van der Waals surface area contributed by atoms with Crippen LogP contribution in [-0.2, 0) is 6.42 Å². The van der Waals surface area contributed by atoms with Crippen molar-refractivity contribution in [2.45, 2.75) is 6.42 Å². The highest BCUT2D eigenvalue weighted by molar-refractivity contribution is 7.15. The summed E-state index contributed by atoms with van der Waals surface area (Å²) >= 11 is 1.60. The smallest absolute Gasteiger partial charge is 0.194 e. The Kier molecular flexibility index (Phi) is 3.81. The van der Waals surface area contributed by atoms with E-state index in [0.717, 1.165) is 39.8 Å². The van der Waals surface area contributed by atoms with E-state index in [1.807, 2.05) is 24.4 Å². The maximum Gasteiger partial charge on any atom is 0.194 e. The highest BCUT2D eigenvalue weighted by Crippen LogP contribution is 2.36. The van der Waals surface area contributed by atoms with Crippen molar-refractivity contribution in [3.63, 3.8) is 0 Å². The van der Waals surface area contributed by atoms with Crippen LogP contribution in [0.5, 0.6) is 11.5 Å². The number of methoxy groups -OCH3 is 2. The first-order chi connectivity index (χ1) is 10.3. The SMILES string of the molecule is COc1ccc(OC)c(-c2csc3ncc(CCN)n23)c1. The molecule has 110 valence electrons. The maximum absolute atomic E-state index is 5.69. The summed E-state index contributed by atoms with van der Waals surface area (Å²) in [4.78, 5) is 5.39. The van der Waals surface area contributed by atoms with Gasteiger partial charge in [-0.3, -0.25) is 4.40 Å². The van der Waals surface area contributed by atoms with Crippen LogP contribution in [0.2, 0.25) is 0 Å². The summed E-state index contributed by atoms with van der Waals surface area (Å²) in [5, 5.41) is 2.08. The molecule has 3 aromatic rings. The Hall–Kier alpha value is -2.05. The molecule has 0 saturated carbocycles. The fourth-order valence-corrected chi connectivity index (χ4v) is 3.28. The first kappa shape index (κ1) is 13.9. The van der Waals surface area contributed by atoms with E-state index in [1.54, 1.807) is 25.6 Å². The van der Waals surface area contributed by atoms with Crippen LogP contribution in [0.25, 0.3) is 16.2 Å². The minimum Gasteiger partial charge on any atom is -0.497 e. The van der Waals surface area contributed by atoms with Crippen LogP contribution in [-0.4, -0.2) is 30.1 Å². The van der Waals surface area contributed by atoms with Crippen molar-refractivity contribution in [2.75, 3.05) is 20.8 Å². The number of nitrogens with two attached hydrogens (primary N) is 1. The molecule has 0 aliphatic heterocycles. The highest BCUT2D eigenvalue weighted by Gasteiger charge is 2.15. The van der Waals surface area contributed by atoms with Crippen molar-refractivity contribution in [1.82, 2.24) is 9.38 Å². The van der Waals surface area contributed by atoms with Crippen molar-refractivity contribution in [1.29, 1.82) is 0 Å². The normalized spacial score (nSPS) is 11.0. The second-order valence-electron chi connectivity index (χ2n) is 4.59. The van der Waals surface area contributed by atoms with Gasteiger partial charge in [0, 0.05) is 23.1 Å². The Morgan fingerprint density at radius 2 is 2.14 bits per heavy atom. The van der Waals surface area contributed by atoms with E-state index in [4.69, 9.17) is 15.2 Å². The zero-order valence-electron chi connectivity index (χ0n) is 12.0. The van der Waals surface area contributed by atoms with Crippen LogP contribution in [0.4, 0.5) is 0 Å². The fraction of sp³-hybridized carbons (Fsp3) is 0.267. The van der Waals surface area contributed by atoms with Gasteiger partial charge in [0.25, 0.3) is 0 Å². The van der Waals surface area contributed by atoms with Crippen molar-refractivity contribution in [3.05, 3.63) is 35.5 Å². The molecule has 0 saturated heterocycles. The molecule has 0 aliphatic rings. The lowest BCUT2D eigenvalue weighted by atomic mass is 10.1. The summed E-state index contributed by atoms with van der Waals surface area (Å²) in [6.07, 6.45) is 2.67. The Morgan fingerprint density at radius 1 is 1.29 bits per heavy atom. The Balaban J connectivity index is 2.22. The molecule has 5 nitrogen and oxygen atoms in total. The van der Waals surface area contributed by atoms with Gasteiger partial charge in [0.1, 0.15) is 11.5 Å². The predicted octanol–water partition coefficient (Wildman–Crippen LogP) is 2.58. The third kappa shape index (κ3) is 2.36. The first-order valence-corrected chi connectivity index (χ1v) is 7.52. The number of fused-ring (bicyclic) bond motifs is 1. The zero-order valence-corrected chi connectivity index (χ0v) is 12.8. The number of ether oxygens (including phenoxy) is 2. The Labute approximate surface area is 126 Å². The van der Waals surface area contributed by atoms with E-state index in [2.05, 4.69) is 14.8 Å². The standard InChI is InChI=1S/C15H17N3O2S/c1-19-11-3-4-14(20-2)12(7-11)13-9-21-15-17-8-10(5-6-16)18(13)15/h3-4,7-9H,5-6,16H2,1-2H3. The molecule has 0 atom stereocenters. The lowest BCUT2D eigenvalue weighted by molar-refractivity contribution is 0.404. The number of thiazole rings is 1. The second-order valence-corrected chi connectivity index (χ2v) is 5.43. The van der Waals surface area contributed by atoms with Gasteiger partial charge in [0.2, 0.25) is 0 Å². The number of imidazole rings is 1. The van der Waals surface area contributed by atoms with E-state index in [1.165, 1.54) is 0 Å². The quantitative estimate of drug-likeness (QED) is 0.787. The highest BCUT2D eigenvalue weighted by atomic mass is 32.1. The molecule has 0 fully saturated rings. The molecular formula is C15H17N3O2S. The van der Waals surface area contributed by atoms with E-state index in [0.29, 0.717) is 6.54 Å². The van der Waals surface area contributed by atoms with E-state index in [-0.39, 0.29) is 0 Å². The number of hydrogen-bond acceptors (Lipinski definition) is 5. The molecule has 2 aromatic heterocycles. The summed E-state index contributed by atoms with van der Waals surface area (Å²) in [7, 11) is 3.33. The van der Waals surface area contributed by atoms with Gasteiger partial charge in [-0.1, -0.05) is 0 Å². The zero-order chi connectivity index (χ0) is 14.8. The van der Waals surface area contributed by atoms with Gasteiger partial charge in [-0.05, 0) is 24.7 Å². The molecule has 0 bridgehead atoms. The second kappa shape index (κ2) is 5.75. The van der Waals surface area contributed by atoms with E-state index in [9.17, 15) is 0 Å². The molecule has 0 aliphatic carbocycles. The van der Waals surface area contributed by atoms with Gasteiger partial charge in [-0.25, -0.2) is 4.98 Å². The summed E-state index contributed by atoms with van der Waals surface area (Å²) in [6, 6.07) is 5.78. The molecule has 1 aromatic carbocycles. The van der Waals surface area contributed by atoms with Gasteiger partial charge in [-0.2, -0.15) is 0 Å². The molecule has 0 unspecified atom stereocenters. The number of nitrogens with zero attached hydrogens (tertiary/aromatic N) is 2. The molecule has 0 amide bonds. The minimum atomic E-state index is 0.596. The number of aromatic nitrogens is 2. The van der Waals surface area contributed by atoms with Crippen molar-refractivity contribution >= 4 is 16.3 Å². The summed E-state index contributed by atoms with van der Waals surface area (Å²) in [5.74, 6) is 1.61. The van der Waals surface area contributed by atoms with Crippen LogP contribution < -0.4 is 15.2 Å². The van der Waals surface area contributed by atoms with Gasteiger partial charge in [-0.15, -0.1) is 11.3 Å². The summed E-state index contributed by atoms with van der Waals surface area (Å²) < 4.78 is 12.9. The predicted molar refractivity (Wildman–Crippen MR) is 84.4 cm³/mol. The summed E-state index contributed by atoms with van der Waals surface area (Å²) in [5.41, 5.74) is 8.83. The van der Waals surface area contributed by atoms with Crippen molar-refractivity contribution in [3.8, 4) is 22.8 Å². The largest absolute Gasteiger partial charge is 0.497 e. The molecule has 2 heterocycles. The van der Waals surface area contributed by atoms with Gasteiger partial charge >= 0.3 is 0 Å². The van der Waals surface area contributed by atoms with Crippen LogP contribution in [0.3, 0.4) is 0 Å². The fourth-order valence-electron chi connectivity index (χ4n) is 2.39. The van der Waals surface area contributed by atoms with Crippen LogP contribution in [0.15, 0.2) is 29.8 Å². The van der Waals surface area contributed by atoms with Gasteiger partial charge < -0.3 is 15.2 Å². The molecule has 6 heteroatoms. The number of benzene rings is 1. The molecule has 0 spiro atoms. The Morgan fingerprint density at radius 3 is 2.86 bits per heavy atom. The summed E-state index contributed by atoms with van der Waals surface area (Å²) in [6.45, 7) is 0.596. The average Bonchev–Trinajstić information content (AvgIpc) is 3.10. The van der Waals surface area contributed by atoms with Crippen LogP contribution in [0.1, 0.15) is 5.69 Å². The molecule has 3 rings (SSSR count). The lowest BCUT2D eigenvalue weighted by Crippen LogP contribution is -2.05. The average molecular weight is 303 g/mol. The molecule has 0 radical (unpaired) electrons. The van der Waals surface area contributed by atoms with E-state index < -0.39 is 0 Å². The van der Waals surface area contributed by atoms with Crippen LogP contribution >= 0.6 is 11.3 Å². The number of rotatable bonds is 5. The van der Waals surface area contributed by atoms with Crippen LogP contribution in [0, 0.1) is 0 Å². The van der Waals surface area contributed by atoms with Crippen molar-refractivity contribution in [2.24, 2.45) is 5.73 Å². The molecular weight excluding hydrogens is 286 g/mol. The lowest BCUT2D eigenvalue weighted by Gasteiger charge is -2.11. The topological polar surface area (TPSA) is 61.8 Å². The monoisotopic (exact) mass is 303 g/mol.